The molecule has 0 aromatic rings. The summed E-state index contributed by atoms with van der Waals surface area (Å²) >= 11 is 0. The molecule has 4 atom stereocenters. The highest BCUT2D eigenvalue weighted by atomic mass is 16.5. The molecule has 2 rings (SSSR count). The van der Waals surface area contributed by atoms with Crippen LogP contribution in [-0.4, -0.2) is 12.2 Å². The molecular formula is C9H11NO. The van der Waals surface area contributed by atoms with Gasteiger partial charge in [-0.05, 0) is 5.92 Å². The molecule has 2 bridgehead atoms. The van der Waals surface area contributed by atoms with Gasteiger partial charge in [0.1, 0.15) is 0 Å². The summed E-state index contributed by atoms with van der Waals surface area (Å²) in [5, 5.41) is 8.54. The van der Waals surface area contributed by atoms with Gasteiger partial charge in [0.2, 0.25) is 0 Å². The van der Waals surface area contributed by atoms with Crippen molar-refractivity contribution in [1.82, 2.24) is 0 Å². The third-order valence-corrected chi connectivity index (χ3v) is 2.75. The fourth-order valence-corrected chi connectivity index (χ4v) is 1.98. The Balaban J connectivity index is 2.13. The predicted molar refractivity (Wildman–Crippen MR) is 40.7 cm³/mol. The van der Waals surface area contributed by atoms with Crippen molar-refractivity contribution in [2.75, 3.05) is 0 Å². The van der Waals surface area contributed by atoms with E-state index in [0.717, 1.165) is 0 Å². The second-order valence-corrected chi connectivity index (χ2v) is 3.34. The van der Waals surface area contributed by atoms with Crippen LogP contribution in [0.4, 0.5) is 0 Å². The van der Waals surface area contributed by atoms with Crippen LogP contribution in [0.25, 0.3) is 0 Å². The first-order chi connectivity index (χ1) is 5.33. The molecule has 0 radical (unpaired) electrons. The Kier molecular flexibility index (Phi) is 1.47. The van der Waals surface area contributed by atoms with Gasteiger partial charge in [0.15, 0.2) is 0 Å². The molecule has 2 heteroatoms. The Labute approximate surface area is 66.5 Å². The lowest BCUT2D eigenvalue weighted by molar-refractivity contribution is 0.104. The number of hydrogen-bond donors (Lipinski definition) is 0. The van der Waals surface area contributed by atoms with Gasteiger partial charge in [-0.15, -0.1) is 0 Å². The van der Waals surface area contributed by atoms with Gasteiger partial charge in [0.05, 0.1) is 18.3 Å². The summed E-state index contributed by atoms with van der Waals surface area (Å²) in [4.78, 5) is 0. The molecule has 0 N–H and O–H groups in total. The smallest absolute Gasteiger partial charge is 0.0806 e. The van der Waals surface area contributed by atoms with Crippen LogP contribution in [0.2, 0.25) is 0 Å². The fraction of sp³-hybridized carbons (Fsp3) is 0.667. The maximum atomic E-state index is 8.54. The molecule has 0 amide bonds. The van der Waals surface area contributed by atoms with Crippen molar-refractivity contribution in [3.63, 3.8) is 0 Å². The highest BCUT2D eigenvalue weighted by Gasteiger charge is 2.42. The minimum absolute atomic E-state index is 0.231. The third kappa shape index (κ3) is 0.883. The van der Waals surface area contributed by atoms with Gasteiger partial charge in [-0.25, -0.2) is 0 Å². The quantitative estimate of drug-likeness (QED) is 0.529. The minimum atomic E-state index is 0.231. The summed E-state index contributed by atoms with van der Waals surface area (Å²) in [6.45, 7) is 2.16. The zero-order valence-corrected chi connectivity index (χ0v) is 6.53. The van der Waals surface area contributed by atoms with Gasteiger partial charge in [0.25, 0.3) is 0 Å². The Morgan fingerprint density at radius 2 is 2.18 bits per heavy atom. The summed E-state index contributed by atoms with van der Waals surface area (Å²) in [6, 6.07) is 2.21. The van der Waals surface area contributed by atoms with Crippen LogP contribution in [-0.2, 0) is 4.74 Å². The number of hydrogen-bond acceptors (Lipinski definition) is 2. The number of fused-ring (bicyclic) bond motifs is 2. The fourth-order valence-electron chi connectivity index (χ4n) is 1.98. The lowest BCUT2D eigenvalue weighted by atomic mass is 9.83. The third-order valence-electron chi connectivity index (χ3n) is 2.75. The number of nitriles is 1. The van der Waals surface area contributed by atoms with E-state index < -0.39 is 0 Å². The predicted octanol–water partition coefficient (Wildman–Crippen LogP) is 1.49. The standard InChI is InChI=1S/C9H11NO/c1-6-7(4-5-10)9-3-2-8(6)11-9/h2-3,6-9H,4H2,1H3/t6?,7-,8-,9+/m1/s1. The van der Waals surface area contributed by atoms with Gasteiger partial charge in [-0.3, -0.25) is 0 Å². The Morgan fingerprint density at radius 1 is 1.45 bits per heavy atom. The zero-order valence-electron chi connectivity index (χ0n) is 6.53. The summed E-state index contributed by atoms with van der Waals surface area (Å²) in [5.41, 5.74) is 0. The Hall–Kier alpha value is -0.810. The molecule has 0 spiro atoms. The number of ether oxygens (including phenoxy) is 1. The summed E-state index contributed by atoms with van der Waals surface area (Å²) in [6.07, 6.45) is 5.36. The molecule has 58 valence electrons. The van der Waals surface area contributed by atoms with Gasteiger partial charge >= 0.3 is 0 Å². The SMILES string of the molecule is CC1[C@@H](CC#N)[C@@H]2C=C[C@H]1O2. The first kappa shape index (κ1) is 6.87. The van der Waals surface area contributed by atoms with E-state index in [1.54, 1.807) is 0 Å². The molecule has 0 aromatic carbocycles. The Morgan fingerprint density at radius 3 is 2.73 bits per heavy atom. The van der Waals surface area contributed by atoms with Crippen LogP contribution in [0.15, 0.2) is 12.2 Å². The van der Waals surface area contributed by atoms with Crippen LogP contribution in [0.3, 0.4) is 0 Å². The topological polar surface area (TPSA) is 33.0 Å². The van der Waals surface area contributed by atoms with Gasteiger partial charge in [-0.2, -0.15) is 5.26 Å². The molecule has 0 aromatic heterocycles. The van der Waals surface area contributed by atoms with Crippen LogP contribution in [0.5, 0.6) is 0 Å². The number of rotatable bonds is 1. The maximum Gasteiger partial charge on any atom is 0.0806 e. The number of nitrogens with zero attached hydrogens (tertiary/aromatic N) is 1. The summed E-state index contributed by atoms with van der Waals surface area (Å²) < 4.78 is 5.59. The van der Waals surface area contributed by atoms with Gasteiger partial charge < -0.3 is 4.74 Å². The van der Waals surface area contributed by atoms with E-state index in [1.807, 2.05) is 0 Å². The Bertz CT molecular complexity index is 228. The van der Waals surface area contributed by atoms with Crippen molar-refractivity contribution >= 4 is 0 Å². The molecule has 11 heavy (non-hydrogen) atoms. The molecule has 1 saturated heterocycles. The van der Waals surface area contributed by atoms with E-state index in [9.17, 15) is 0 Å². The van der Waals surface area contributed by atoms with Crippen LogP contribution in [0.1, 0.15) is 13.3 Å². The van der Waals surface area contributed by atoms with E-state index in [4.69, 9.17) is 10.00 Å². The van der Waals surface area contributed by atoms with Crippen LogP contribution < -0.4 is 0 Å². The second kappa shape index (κ2) is 2.35. The van der Waals surface area contributed by atoms with E-state index in [2.05, 4.69) is 25.1 Å². The first-order valence-electron chi connectivity index (χ1n) is 4.03. The average molecular weight is 149 g/mol. The summed E-state index contributed by atoms with van der Waals surface area (Å²) in [5.74, 6) is 0.972. The van der Waals surface area contributed by atoms with Gasteiger partial charge in [0, 0.05) is 12.3 Å². The lowest BCUT2D eigenvalue weighted by Gasteiger charge is -2.17. The highest BCUT2D eigenvalue weighted by Crippen LogP contribution is 2.40. The van der Waals surface area contributed by atoms with Crippen molar-refractivity contribution in [2.45, 2.75) is 25.6 Å². The van der Waals surface area contributed by atoms with Crippen LogP contribution >= 0.6 is 0 Å². The van der Waals surface area contributed by atoms with E-state index in [1.165, 1.54) is 0 Å². The lowest BCUT2D eigenvalue weighted by Crippen LogP contribution is -2.20. The largest absolute Gasteiger partial charge is 0.366 e. The average Bonchev–Trinajstić information content (AvgIpc) is 2.54. The highest BCUT2D eigenvalue weighted by molar-refractivity contribution is 5.14. The molecule has 2 heterocycles. The monoisotopic (exact) mass is 149 g/mol. The molecule has 2 nitrogen and oxygen atoms in total. The van der Waals surface area contributed by atoms with E-state index in [-0.39, 0.29) is 6.10 Å². The minimum Gasteiger partial charge on any atom is -0.366 e. The molecule has 1 fully saturated rings. The maximum absolute atomic E-state index is 8.54. The van der Waals surface area contributed by atoms with Crippen molar-refractivity contribution in [3.05, 3.63) is 12.2 Å². The first-order valence-corrected chi connectivity index (χ1v) is 4.03. The van der Waals surface area contributed by atoms with Crippen molar-refractivity contribution in [1.29, 1.82) is 5.26 Å². The molecule has 2 aliphatic heterocycles. The molecule has 2 aliphatic rings. The molecule has 0 saturated carbocycles. The van der Waals surface area contributed by atoms with Crippen molar-refractivity contribution < 1.29 is 4.74 Å². The summed E-state index contributed by atoms with van der Waals surface area (Å²) in [7, 11) is 0. The van der Waals surface area contributed by atoms with Crippen LogP contribution in [0, 0.1) is 23.2 Å². The molecule has 0 aliphatic carbocycles. The van der Waals surface area contributed by atoms with Crippen molar-refractivity contribution in [2.24, 2.45) is 11.8 Å². The second-order valence-electron chi connectivity index (χ2n) is 3.34. The van der Waals surface area contributed by atoms with E-state index in [0.29, 0.717) is 24.4 Å². The zero-order chi connectivity index (χ0) is 7.84. The molecular weight excluding hydrogens is 138 g/mol. The van der Waals surface area contributed by atoms with Gasteiger partial charge in [-0.1, -0.05) is 19.1 Å². The normalized spacial score (nSPS) is 46.2. The van der Waals surface area contributed by atoms with Crippen molar-refractivity contribution in [3.8, 4) is 6.07 Å². The molecule has 1 unspecified atom stereocenters. The van der Waals surface area contributed by atoms with E-state index >= 15 is 0 Å².